The van der Waals surface area contributed by atoms with Crippen LogP contribution in [0.1, 0.15) is 29.9 Å². The van der Waals surface area contributed by atoms with Crippen LogP contribution in [0.25, 0.3) is 0 Å². The molecule has 19 heavy (non-hydrogen) atoms. The lowest BCUT2D eigenvalue weighted by atomic mass is 10.1. The van der Waals surface area contributed by atoms with E-state index in [-0.39, 0.29) is 6.04 Å². The smallest absolute Gasteiger partial charge is 0.173 e. The summed E-state index contributed by atoms with van der Waals surface area (Å²) >= 11 is 7.09. The Morgan fingerprint density at radius 1 is 1.47 bits per heavy atom. The molecule has 0 aromatic carbocycles. The van der Waals surface area contributed by atoms with E-state index in [9.17, 15) is 0 Å². The first-order valence-electron chi connectivity index (χ1n) is 6.18. The molecule has 6 heteroatoms. The molecule has 0 spiro atoms. The Morgan fingerprint density at radius 3 is 2.68 bits per heavy atom. The van der Waals surface area contributed by atoms with Gasteiger partial charge in [-0.1, -0.05) is 6.92 Å². The van der Waals surface area contributed by atoms with Crippen LogP contribution in [0.3, 0.4) is 0 Å². The van der Waals surface area contributed by atoms with Crippen LogP contribution in [0.2, 0.25) is 0 Å². The zero-order valence-corrected chi connectivity index (χ0v) is 14.4. The molecule has 2 heterocycles. The number of nitrogens with one attached hydrogen (secondary N) is 1. The van der Waals surface area contributed by atoms with Crippen LogP contribution >= 0.6 is 31.9 Å². The third kappa shape index (κ3) is 2.95. The van der Waals surface area contributed by atoms with Gasteiger partial charge >= 0.3 is 0 Å². The quantitative estimate of drug-likeness (QED) is 0.847. The van der Waals surface area contributed by atoms with E-state index >= 15 is 0 Å². The van der Waals surface area contributed by atoms with Gasteiger partial charge in [0.05, 0.1) is 22.1 Å². The molecule has 0 aliphatic heterocycles. The second-order valence-electron chi connectivity index (χ2n) is 4.38. The highest BCUT2D eigenvalue weighted by Crippen LogP contribution is 2.30. The third-order valence-electron chi connectivity index (χ3n) is 3.27. The van der Waals surface area contributed by atoms with Crippen molar-refractivity contribution >= 4 is 31.9 Å². The largest absolute Gasteiger partial charge is 0.457 e. The molecule has 104 valence electrons. The van der Waals surface area contributed by atoms with Gasteiger partial charge in [-0.25, -0.2) is 0 Å². The normalized spacial score (nSPS) is 12.9. The fourth-order valence-corrected chi connectivity index (χ4v) is 3.45. The number of halogens is 2. The second-order valence-corrected chi connectivity index (χ2v) is 5.89. The summed E-state index contributed by atoms with van der Waals surface area (Å²) in [6, 6.07) is 2.17. The molecule has 0 saturated heterocycles. The molecule has 1 unspecified atom stereocenters. The van der Waals surface area contributed by atoms with Crippen LogP contribution in [-0.4, -0.2) is 16.8 Å². The molecular weight excluding hydrogens is 374 g/mol. The Kier molecular flexibility index (Phi) is 4.86. The number of furan rings is 1. The van der Waals surface area contributed by atoms with Gasteiger partial charge in [0.15, 0.2) is 4.67 Å². The highest BCUT2D eigenvalue weighted by Gasteiger charge is 2.20. The Bertz CT molecular complexity index is 562. The predicted molar refractivity (Wildman–Crippen MR) is 82.2 cm³/mol. The molecule has 1 N–H and O–H groups in total. The summed E-state index contributed by atoms with van der Waals surface area (Å²) in [6.07, 6.45) is 3.46. The first-order valence-corrected chi connectivity index (χ1v) is 7.77. The van der Waals surface area contributed by atoms with Gasteiger partial charge in [0.2, 0.25) is 0 Å². The molecule has 0 aliphatic carbocycles. The summed E-state index contributed by atoms with van der Waals surface area (Å²) < 4.78 is 9.15. The van der Waals surface area contributed by atoms with E-state index < -0.39 is 0 Å². The third-order valence-corrected chi connectivity index (χ3v) is 4.83. The number of hydrogen-bond acceptors (Lipinski definition) is 3. The van der Waals surface area contributed by atoms with E-state index in [1.54, 1.807) is 6.26 Å². The molecule has 0 fully saturated rings. The first kappa shape index (κ1) is 14.8. The van der Waals surface area contributed by atoms with E-state index in [0.29, 0.717) is 0 Å². The van der Waals surface area contributed by atoms with Crippen molar-refractivity contribution in [2.45, 2.75) is 25.8 Å². The van der Waals surface area contributed by atoms with Crippen molar-refractivity contribution < 1.29 is 4.42 Å². The number of aryl methyl sites for hydroxylation is 2. The van der Waals surface area contributed by atoms with Crippen molar-refractivity contribution in [1.82, 2.24) is 15.1 Å². The van der Waals surface area contributed by atoms with Crippen LogP contribution in [0, 0.1) is 0 Å². The Morgan fingerprint density at radius 2 is 2.21 bits per heavy atom. The van der Waals surface area contributed by atoms with E-state index in [4.69, 9.17) is 4.42 Å². The fraction of sp³-hybridized carbons (Fsp3) is 0.462. The van der Waals surface area contributed by atoms with Crippen LogP contribution < -0.4 is 5.32 Å². The van der Waals surface area contributed by atoms with Gasteiger partial charge < -0.3 is 9.73 Å². The van der Waals surface area contributed by atoms with E-state index in [0.717, 1.165) is 33.2 Å². The lowest BCUT2D eigenvalue weighted by molar-refractivity contribution is 0.511. The lowest BCUT2D eigenvalue weighted by Gasteiger charge is -2.15. The van der Waals surface area contributed by atoms with Gasteiger partial charge in [0, 0.05) is 25.1 Å². The standard InChI is InChI=1S/C13H17Br2N3O/c1-4-9-12(14)11(18(3)17-9)7-10(16-2)8-5-6-19-13(8)15/h5-6,10,16H,4,7H2,1-3H3. The SMILES string of the molecule is CCc1nn(C)c(CC(NC)c2ccoc2Br)c1Br. The summed E-state index contributed by atoms with van der Waals surface area (Å²) in [5.41, 5.74) is 3.40. The highest BCUT2D eigenvalue weighted by molar-refractivity contribution is 9.10. The van der Waals surface area contributed by atoms with Crippen LogP contribution in [0.4, 0.5) is 0 Å². The van der Waals surface area contributed by atoms with Gasteiger partial charge in [-0.3, -0.25) is 4.68 Å². The number of likely N-dealkylation sites (N-methyl/N-ethyl adjacent to an activating group) is 1. The number of rotatable bonds is 5. The summed E-state index contributed by atoms with van der Waals surface area (Å²) in [4.78, 5) is 0. The topological polar surface area (TPSA) is 43.0 Å². The van der Waals surface area contributed by atoms with Crippen molar-refractivity contribution in [3.63, 3.8) is 0 Å². The molecule has 2 aromatic heterocycles. The molecule has 0 radical (unpaired) electrons. The van der Waals surface area contributed by atoms with Gasteiger partial charge in [0.1, 0.15) is 0 Å². The minimum Gasteiger partial charge on any atom is -0.457 e. The molecule has 0 bridgehead atoms. The summed E-state index contributed by atoms with van der Waals surface area (Å²) in [5.74, 6) is 0. The Labute approximate surface area is 129 Å². The van der Waals surface area contributed by atoms with Crippen molar-refractivity contribution in [2.75, 3.05) is 7.05 Å². The lowest BCUT2D eigenvalue weighted by Crippen LogP contribution is -2.20. The van der Waals surface area contributed by atoms with Crippen molar-refractivity contribution in [1.29, 1.82) is 0 Å². The van der Waals surface area contributed by atoms with Gasteiger partial charge in [-0.05, 0) is 51.4 Å². The van der Waals surface area contributed by atoms with Gasteiger partial charge in [-0.2, -0.15) is 5.10 Å². The monoisotopic (exact) mass is 389 g/mol. The highest BCUT2D eigenvalue weighted by atomic mass is 79.9. The molecular formula is C13H17Br2N3O. The van der Waals surface area contributed by atoms with Gasteiger partial charge in [-0.15, -0.1) is 0 Å². The fourth-order valence-electron chi connectivity index (χ4n) is 2.16. The summed E-state index contributed by atoms with van der Waals surface area (Å²) in [7, 11) is 3.94. The maximum Gasteiger partial charge on any atom is 0.173 e. The number of hydrogen-bond donors (Lipinski definition) is 1. The van der Waals surface area contributed by atoms with Crippen LogP contribution in [-0.2, 0) is 19.9 Å². The average molecular weight is 391 g/mol. The minimum absolute atomic E-state index is 0.185. The van der Waals surface area contributed by atoms with Crippen molar-refractivity contribution in [2.24, 2.45) is 7.05 Å². The van der Waals surface area contributed by atoms with E-state index in [2.05, 4.69) is 49.2 Å². The second kappa shape index (κ2) is 6.24. The molecule has 2 rings (SSSR count). The molecule has 1 atom stereocenters. The average Bonchev–Trinajstić information content (AvgIpc) is 2.93. The van der Waals surface area contributed by atoms with Crippen molar-refractivity contribution in [3.8, 4) is 0 Å². The molecule has 0 aliphatic rings. The maximum absolute atomic E-state index is 5.31. The van der Waals surface area contributed by atoms with E-state index in [1.165, 1.54) is 5.69 Å². The molecule has 0 amide bonds. The first-order chi connectivity index (χ1) is 9.08. The minimum atomic E-state index is 0.185. The Balaban J connectivity index is 2.29. The summed E-state index contributed by atoms with van der Waals surface area (Å²) in [5, 5.41) is 7.85. The van der Waals surface area contributed by atoms with Gasteiger partial charge in [0.25, 0.3) is 0 Å². The zero-order valence-electron chi connectivity index (χ0n) is 11.2. The maximum atomic E-state index is 5.31. The number of nitrogens with zero attached hydrogens (tertiary/aromatic N) is 2. The molecule has 4 nitrogen and oxygen atoms in total. The van der Waals surface area contributed by atoms with Crippen LogP contribution in [0.5, 0.6) is 0 Å². The van der Waals surface area contributed by atoms with Crippen molar-refractivity contribution in [3.05, 3.63) is 38.4 Å². The molecule has 0 saturated carbocycles. The predicted octanol–water partition coefficient (Wildman–Crippen LogP) is 3.60. The van der Waals surface area contributed by atoms with E-state index in [1.807, 2.05) is 24.8 Å². The summed E-state index contributed by atoms with van der Waals surface area (Å²) in [6.45, 7) is 2.11. The molecule has 2 aromatic rings. The van der Waals surface area contributed by atoms with Crippen LogP contribution in [0.15, 0.2) is 25.9 Å². The zero-order chi connectivity index (χ0) is 14.0. The Hall–Kier alpha value is -0.590. The number of aromatic nitrogens is 2.